The Bertz CT molecular complexity index is 126. The van der Waals surface area contributed by atoms with Gasteiger partial charge in [-0.25, -0.2) is 0 Å². The van der Waals surface area contributed by atoms with Gasteiger partial charge in [-0.3, -0.25) is 0 Å². The highest BCUT2D eigenvalue weighted by Gasteiger charge is 2.21. The molecule has 3 heteroatoms. The molecule has 1 rings (SSSR count). The van der Waals surface area contributed by atoms with Crippen LogP contribution in [0.2, 0.25) is 0 Å². The first-order valence-electron chi connectivity index (χ1n) is 5.26. The van der Waals surface area contributed by atoms with E-state index >= 15 is 0 Å². The van der Waals surface area contributed by atoms with E-state index in [1.807, 2.05) is 6.92 Å². The number of rotatable bonds is 8. The summed E-state index contributed by atoms with van der Waals surface area (Å²) >= 11 is 0. The Morgan fingerprint density at radius 2 is 2.23 bits per heavy atom. The summed E-state index contributed by atoms with van der Waals surface area (Å²) in [5.41, 5.74) is 5.53. The summed E-state index contributed by atoms with van der Waals surface area (Å²) < 4.78 is 10.9. The fourth-order valence-electron chi connectivity index (χ4n) is 1.25. The molecule has 78 valence electrons. The maximum absolute atomic E-state index is 5.53. The summed E-state index contributed by atoms with van der Waals surface area (Å²) in [6.45, 7) is 5.06. The van der Waals surface area contributed by atoms with Gasteiger partial charge in [-0.05, 0) is 32.1 Å². The second kappa shape index (κ2) is 6.35. The maximum atomic E-state index is 5.53. The molecule has 0 aromatic rings. The monoisotopic (exact) mass is 187 g/mol. The summed E-state index contributed by atoms with van der Waals surface area (Å²) in [6.07, 6.45) is 3.82. The molecule has 0 bridgehead atoms. The van der Waals surface area contributed by atoms with E-state index in [0.717, 1.165) is 32.2 Å². The molecule has 0 aliphatic heterocycles. The highest BCUT2D eigenvalue weighted by molar-refractivity contribution is 4.72. The first-order chi connectivity index (χ1) is 6.36. The topological polar surface area (TPSA) is 44.5 Å². The van der Waals surface area contributed by atoms with Gasteiger partial charge in [-0.2, -0.15) is 0 Å². The zero-order chi connectivity index (χ0) is 9.52. The molecule has 0 saturated heterocycles. The van der Waals surface area contributed by atoms with Crippen molar-refractivity contribution in [3.05, 3.63) is 0 Å². The predicted octanol–water partition coefficient (Wildman–Crippen LogP) is 1.17. The second-order valence-electron chi connectivity index (χ2n) is 3.62. The van der Waals surface area contributed by atoms with Crippen LogP contribution in [0.1, 0.15) is 26.2 Å². The quantitative estimate of drug-likeness (QED) is 0.580. The number of nitrogens with two attached hydrogens (primary N) is 1. The van der Waals surface area contributed by atoms with E-state index in [-0.39, 0.29) is 6.10 Å². The lowest BCUT2D eigenvalue weighted by Crippen LogP contribution is -2.25. The smallest absolute Gasteiger partial charge is 0.0719 e. The fourth-order valence-corrected chi connectivity index (χ4v) is 1.25. The zero-order valence-electron chi connectivity index (χ0n) is 8.50. The first kappa shape index (κ1) is 11.0. The van der Waals surface area contributed by atoms with Crippen LogP contribution in [0.4, 0.5) is 0 Å². The lowest BCUT2D eigenvalue weighted by molar-refractivity contribution is 0.0306. The van der Waals surface area contributed by atoms with Crippen LogP contribution >= 0.6 is 0 Å². The lowest BCUT2D eigenvalue weighted by atomic mass is 10.2. The van der Waals surface area contributed by atoms with Crippen molar-refractivity contribution in [2.45, 2.75) is 32.3 Å². The average molecular weight is 187 g/mol. The van der Waals surface area contributed by atoms with Crippen molar-refractivity contribution in [3.63, 3.8) is 0 Å². The van der Waals surface area contributed by atoms with Gasteiger partial charge in [0, 0.05) is 26.4 Å². The van der Waals surface area contributed by atoms with E-state index in [1.54, 1.807) is 0 Å². The van der Waals surface area contributed by atoms with Crippen molar-refractivity contribution in [3.8, 4) is 0 Å². The molecular formula is C10H21NO2. The number of hydrogen-bond donors (Lipinski definition) is 1. The molecule has 3 nitrogen and oxygen atoms in total. The summed E-state index contributed by atoms with van der Waals surface area (Å²) in [5.74, 6) is 0.850. The molecule has 1 atom stereocenters. The minimum Gasteiger partial charge on any atom is -0.381 e. The summed E-state index contributed by atoms with van der Waals surface area (Å²) in [7, 11) is 0. The Labute approximate surface area is 80.6 Å². The van der Waals surface area contributed by atoms with E-state index < -0.39 is 0 Å². The third kappa shape index (κ3) is 5.24. The Morgan fingerprint density at radius 3 is 2.77 bits per heavy atom. The van der Waals surface area contributed by atoms with Gasteiger partial charge in [-0.1, -0.05) is 0 Å². The molecule has 13 heavy (non-hydrogen) atoms. The Hall–Kier alpha value is -0.120. The molecule has 1 saturated carbocycles. The molecule has 1 fully saturated rings. The van der Waals surface area contributed by atoms with Crippen molar-refractivity contribution < 1.29 is 9.47 Å². The zero-order valence-corrected chi connectivity index (χ0v) is 8.50. The Balaban J connectivity index is 1.88. The highest BCUT2D eigenvalue weighted by atomic mass is 16.5. The van der Waals surface area contributed by atoms with E-state index in [1.165, 1.54) is 12.8 Å². The van der Waals surface area contributed by atoms with Crippen LogP contribution in [-0.4, -0.2) is 32.5 Å². The van der Waals surface area contributed by atoms with Crippen LogP contribution in [0.15, 0.2) is 0 Å². The standard InChI is InChI=1S/C10H21NO2/c1-2-13-10(7-11)5-6-12-8-9-3-4-9/h9-10H,2-8,11H2,1H3. The molecular weight excluding hydrogens is 166 g/mol. The van der Waals surface area contributed by atoms with E-state index in [4.69, 9.17) is 15.2 Å². The summed E-state index contributed by atoms with van der Waals surface area (Å²) in [4.78, 5) is 0. The summed E-state index contributed by atoms with van der Waals surface area (Å²) in [5, 5.41) is 0. The lowest BCUT2D eigenvalue weighted by Gasteiger charge is -2.14. The highest BCUT2D eigenvalue weighted by Crippen LogP contribution is 2.28. The molecule has 1 unspecified atom stereocenters. The van der Waals surface area contributed by atoms with Gasteiger partial charge < -0.3 is 15.2 Å². The average Bonchev–Trinajstić information content (AvgIpc) is 2.94. The van der Waals surface area contributed by atoms with E-state index in [9.17, 15) is 0 Å². The Kier molecular flexibility index (Phi) is 5.35. The first-order valence-corrected chi connectivity index (χ1v) is 5.26. The van der Waals surface area contributed by atoms with E-state index in [0.29, 0.717) is 6.54 Å². The molecule has 0 amide bonds. The minimum absolute atomic E-state index is 0.184. The van der Waals surface area contributed by atoms with Crippen molar-refractivity contribution >= 4 is 0 Å². The third-order valence-corrected chi connectivity index (χ3v) is 2.30. The van der Waals surface area contributed by atoms with Gasteiger partial charge in [0.15, 0.2) is 0 Å². The molecule has 1 aliphatic carbocycles. The van der Waals surface area contributed by atoms with E-state index in [2.05, 4.69) is 0 Å². The summed E-state index contributed by atoms with van der Waals surface area (Å²) in [6, 6.07) is 0. The van der Waals surface area contributed by atoms with Crippen molar-refractivity contribution in [2.24, 2.45) is 11.7 Å². The molecule has 0 heterocycles. The van der Waals surface area contributed by atoms with Gasteiger partial charge in [0.25, 0.3) is 0 Å². The maximum Gasteiger partial charge on any atom is 0.0719 e. The molecule has 1 aliphatic rings. The minimum atomic E-state index is 0.184. The molecule has 0 aromatic carbocycles. The van der Waals surface area contributed by atoms with Crippen LogP contribution in [0, 0.1) is 5.92 Å². The third-order valence-electron chi connectivity index (χ3n) is 2.30. The number of hydrogen-bond acceptors (Lipinski definition) is 3. The van der Waals surface area contributed by atoms with Gasteiger partial charge in [0.2, 0.25) is 0 Å². The van der Waals surface area contributed by atoms with Crippen LogP contribution in [-0.2, 0) is 9.47 Å². The SMILES string of the molecule is CCOC(CN)CCOCC1CC1. The van der Waals surface area contributed by atoms with Gasteiger partial charge >= 0.3 is 0 Å². The van der Waals surface area contributed by atoms with Crippen LogP contribution in [0.3, 0.4) is 0 Å². The normalized spacial score (nSPS) is 18.9. The molecule has 0 radical (unpaired) electrons. The van der Waals surface area contributed by atoms with Gasteiger partial charge in [0.1, 0.15) is 0 Å². The Morgan fingerprint density at radius 1 is 1.46 bits per heavy atom. The predicted molar refractivity (Wildman–Crippen MR) is 52.6 cm³/mol. The molecule has 2 N–H and O–H groups in total. The second-order valence-corrected chi connectivity index (χ2v) is 3.62. The van der Waals surface area contributed by atoms with Crippen LogP contribution in [0.25, 0.3) is 0 Å². The largest absolute Gasteiger partial charge is 0.381 e. The van der Waals surface area contributed by atoms with Gasteiger partial charge in [-0.15, -0.1) is 0 Å². The van der Waals surface area contributed by atoms with Crippen molar-refractivity contribution in [1.29, 1.82) is 0 Å². The van der Waals surface area contributed by atoms with Crippen LogP contribution < -0.4 is 5.73 Å². The molecule has 0 spiro atoms. The van der Waals surface area contributed by atoms with Gasteiger partial charge in [0.05, 0.1) is 6.10 Å². The van der Waals surface area contributed by atoms with Crippen molar-refractivity contribution in [2.75, 3.05) is 26.4 Å². The number of ether oxygens (including phenoxy) is 2. The van der Waals surface area contributed by atoms with Crippen LogP contribution in [0.5, 0.6) is 0 Å². The van der Waals surface area contributed by atoms with Crippen molar-refractivity contribution in [1.82, 2.24) is 0 Å². The molecule has 0 aromatic heterocycles. The fraction of sp³-hybridized carbons (Fsp3) is 1.00.